The van der Waals surface area contributed by atoms with Gasteiger partial charge in [-0.2, -0.15) is 0 Å². The second-order valence-electron chi connectivity index (χ2n) is 4.57. The van der Waals surface area contributed by atoms with Crippen molar-refractivity contribution in [3.63, 3.8) is 0 Å². The zero-order chi connectivity index (χ0) is 13.0. The molecule has 96 valence electrons. The number of carbonyl (C=O) groups is 1. The highest BCUT2D eigenvalue weighted by atomic mass is 35.5. The van der Waals surface area contributed by atoms with Gasteiger partial charge >= 0.3 is 0 Å². The predicted octanol–water partition coefficient (Wildman–Crippen LogP) is 3.27. The molecule has 0 unspecified atom stereocenters. The number of nitrogens with zero attached hydrogens (tertiary/aromatic N) is 1. The molecule has 0 aromatic carbocycles. The molecule has 0 radical (unpaired) electrons. The number of aryl methyl sites for hydroxylation is 1. The number of hydrogen-bond donors (Lipinski definition) is 1. The lowest BCUT2D eigenvalue weighted by molar-refractivity contribution is 0.0954. The molecule has 0 aliphatic heterocycles. The molecule has 3 nitrogen and oxygen atoms in total. The van der Waals surface area contributed by atoms with E-state index >= 15 is 0 Å². The van der Waals surface area contributed by atoms with Crippen molar-refractivity contribution in [3.05, 3.63) is 40.2 Å². The zero-order valence-electron chi connectivity index (χ0n) is 10.5. The molecule has 1 N–H and O–H groups in total. The molecule has 0 bridgehead atoms. The van der Waals surface area contributed by atoms with Gasteiger partial charge in [0, 0.05) is 18.4 Å². The van der Waals surface area contributed by atoms with Crippen LogP contribution in [0.15, 0.2) is 23.9 Å². The van der Waals surface area contributed by atoms with Gasteiger partial charge in [0.15, 0.2) is 0 Å². The van der Waals surface area contributed by atoms with E-state index in [-0.39, 0.29) is 5.91 Å². The summed E-state index contributed by atoms with van der Waals surface area (Å²) < 4.78 is 0. The van der Waals surface area contributed by atoms with Crippen LogP contribution in [0, 0.1) is 6.92 Å². The van der Waals surface area contributed by atoms with Gasteiger partial charge in [0.1, 0.15) is 0 Å². The number of halogens is 1. The van der Waals surface area contributed by atoms with Crippen LogP contribution in [-0.4, -0.2) is 17.4 Å². The van der Waals surface area contributed by atoms with E-state index in [0.717, 1.165) is 12.1 Å². The van der Waals surface area contributed by atoms with E-state index < -0.39 is 0 Å². The minimum Gasteiger partial charge on any atom is -0.352 e. The Balaban J connectivity index is 1.87. The van der Waals surface area contributed by atoms with Crippen LogP contribution in [0.2, 0.25) is 5.02 Å². The predicted molar refractivity (Wildman–Crippen MR) is 72.9 cm³/mol. The van der Waals surface area contributed by atoms with Crippen LogP contribution >= 0.6 is 11.6 Å². The van der Waals surface area contributed by atoms with Crippen molar-refractivity contribution in [2.75, 3.05) is 6.54 Å². The highest BCUT2D eigenvalue weighted by Crippen LogP contribution is 2.20. The highest BCUT2D eigenvalue weighted by molar-refractivity contribution is 6.33. The van der Waals surface area contributed by atoms with Gasteiger partial charge < -0.3 is 5.32 Å². The molecule has 4 heteroatoms. The molecule has 0 atom stereocenters. The summed E-state index contributed by atoms with van der Waals surface area (Å²) in [4.78, 5) is 16.0. The Bertz CT molecular complexity index is 483. The third-order valence-electron chi connectivity index (χ3n) is 3.10. The SMILES string of the molecule is Cc1cc(Cl)c(C(=O)NCCC2=CCCC2)cn1. The molecule has 0 fully saturated rings. The van der Waals surface area contributed by atoms with Crippen molar-refractivity contribution < 1.29 is 4.79 Å². The summed E-state index contributed by atoms with van der Waals surface area (Å²) in [5.41, 5.74) is 2.71. The summed E-state index contributed by atoms with van der Waals surface area (Å²) in [7, 11) is 0. The van der Waals surface area contributed by atoms with Crippen LogP contribution in [0.4, 0.5) is 0 Å². The van der Waals surface area contributed by atoms with Gasteiger partial charge in [0.05, 0.1) is 10.6 Å². The molecule has 18 heavy (non-hydrogen) atoms. The second kappa shape index (κ2) is 6.01. The smallest absolute Gasteiger partial charge is 0.254 e. The average molecular weight is 265 g/mol. The number of carbonyl (C=O) groups excluding carboxylic acids is 1. The molecule has 1 aromatic heterocycles. The van der Waals surface area contributed by atoms with Crippen molar-refractivity contribution in [2.24, 2.45) is 0 Å². The van der Waals surface area contributed by atoms with Gasteiger partial charge in [-0.05, 0) is 38.7 Å². The van der Waals surface area contributed by atoms with E-state index in [2.05, 4.69) is 16.4 Å². The van der Waals surface area contributed by atoms with Crippen molar-refractivity contribution in [2.45, 2.75) is 32.6 Å². The molecule has 1 amide bonds. The third kappa shape index (κ3) is 3.33. The Morgan fingerprint density at radius 3 is 3.06 bits per heavy atom. The lowest BCUT2D eigenvalue weighted by Crippen LogP contribution is -2.25. The van der Waals surface area contributed by atoms with E-state index in [9.17, 15) is 4.79 Å². The van der Waals surface area contributed by atoms with Gasteiger partial charge in [-0.15, -0.1) is 0 Å². The standard InChI is InChI=1S/C14H17ClN2O/c1-10-8-13(15)12(9-17-10)14(18)16-7-6-11-4-2-3-5-11/h4,8-9H,2-3,5-7H2,1H3,(H,16,18). The molecule has 1 heterocycles. The van der Waals surface area contributed by atoms with Gasteiger partial charge in [0.25, 0.3) is 5.91 Å². The van der Waals surface area contributed by atoms with Crippen LogP contribution in [0.3, 0.4) is 0 Å². The van der Waals surface area contributed by atoms with E-state index in [1.807, 2.05) is 6.92 Å². The van der Waals surface area contributed by atoms with Gasteiger partial charge in [-0.25, -0.2) is 0 Å². The van der Waals surface area contributed by atoms with E-state index in [0.29, 0.717) is 17.1 Å². The normalized spacial score (nSPS) is 14.4. The maximum absolute atomic E-state index is 11.9. The summed E-state index contributed by atoms with van der Waals surface area (Å²) >= 11 is 6.02. The molecule has 1 aliphatic rings. The highest BCUT2D eigenvalue weighted by Gasteiger charge is 2.11. The number of allylic oxidation sites excluding steroid dienone is 1. The number of nitrogens with one attached hydrogen (secondary N) is 1. The van der Waals surface area contributed by atoms with Gasteiger partial charge in [-0.1, -0.05) is 23.3 Å². The fourth-order valence-corrected chi connectivity index (χ4v) is 2.38. The average Bonchev–Trinajstić information content (AvgIpc) is 2.81. The Morgan fingerprint density at radius 1 is 1.56 bits per heavy atom. The fraction of sp³-hybridized carbons (Fsp3) is 0.429. The number of aromatic nitrogens is 1. The van der Waals surface area contributed by atoms with Crippen molar-refractivity contribution >= 4 is 17.5 Å². The first-order chi connectivity index (χ1) is 8.66. The Hall–Kier alpha value is -1.35. The van der Waals surface area contributed by atoms with Gasteiger partial charge in [0.2, 0.25) is 0 Å². The lowest BCUT2D eigenvalue weighted by Gasteiger charge is -2.07. The summed E-state index contributed by atoms with van der Waals surface area (Å²) in [6.45, 7) is 2.51. The molecule has 0 saturated heterocycles. The Kier molecular flexibility index (Phi) is 4.37. The van der Waals surface area contributed by atoms with Crippen LogP contribution in [-0.2, 0) is 0 Å². The Labute approximate surface area is 112 Å². The monoisotopic (exact) mass is 264 g/mol. The maximum Gasteiger partial charge on any atom is 0.254 e. The first-order valence-corrected chi connectivity index (χ1v) is 6.63. The number of pyridine rings is 1. The van der Waals surface area contributed by atoms with Crippen molar-refractivity contribution in [3.8, 4) is 0 Å². The first-order valence-electron chi connectivity index (χ1n) is 6.25. The molecule has 0 saturated carbocycles. The molecule has 1 aromatic rings. The number of hydrogen-bond acceptors (Lipinski definition) is 2. The minimum absolute atomic E-state index is 0.147. The van der Waals surface area contributed by atoms with Crippen molar-refractivity contribution in [1.29, 1.82) is 0 Å². The summed E-state index contributed by atoms with van der Waals surface area (Å²) in [5.74, 6) is -0.147. The quantitative estimate of drug-likeness (QED) is 0.848. The fourth-order valence-electron chi connectivity index (χ4n) is 2.09. The van der Waals surface area contributed by atoms with Crippen LogP contribution in [0.1, 0.15) is 41.7 Å². The summed E-state index contributed by atoms with van der Waals surface area (Å²) in [6.07, 6.45) is 8.33. The first kappa shape index (κ1) is 13.1. The summed E-state index contributed by atoms with van der Waals surface area (Å²) in [5, 5.41) is 3.34. The third-order valence-corrected chi connectivity index (χ3v) is 3.41. The summed E-state index contributed by atoms with van der Waals surface area (Å²) in [6, 6.07) is 1.70. The van der Waals surface area contributed by atoms with E-state index in [1.54, 1.807) is 6.07 Å². The molecule has 1 aliphatic carbocycles. The number of rotatable bonds is 4. The van der Waals surface area contributed by atoms with Gasteiger partial charge in [-0.3, -0.25) is 9.78 Å². The second-order valence-corrected chi connectivity index (χ2v) is 4.97. The minimum atomic E-state index is -0.147. The maximum atomic E-state index is 11.9. The van der Waals surface area contributed by atoms with E-state index in [4.69, 9.17) is 11.6 Å². The van der Waals surface area contributed by atoms with Crippen LogP contribution < -0.4 is 5.32 Å². The van der Waals surface area contributed by atoms with E-state index in [1.165, 1.54) is 31.0 Å². The molecular formula is C14H17ClN2O. The lowest BCUT2D eigenvalue weighted by atomic mass is 10.1. The molecule has 2 rings (SSSR count). The zero-order valence-corrected chi connectivity index (χ0v) is 11.3. The van der Waals surface area contributed by atoms with Crippen LogP contribution in [0.5, 0.6) is 0 Å². The molecular weight excluding hydrogens is 248 g/mol. The topological polar surface area (TPSA) is 42.0 Å². The largest absolute Gasteiger partial charge is 0.352 e. The van der Waals surface area contributed by atoms with Crippen molar-refractivity contribution in [1.82, 2.24) is 10.3 Å². The number of amides is 1. The Morgan fingerprint density at radius 2 is 2.39 bits per heavy atom. The van der Waals surface area contributed by atoms with Crippen LogP contribution in [0.25, 0.3) is 0 Å². The molecule has 0 spiro atoms.